The van der Waals surface area contributed by atoms with Gasteiger partial charge in [0.25, 0.3) is 0 Å². The molecule has 16 heavy (non-hydrogen) atoms. The molecule has 88 valence electrons. The zero-order valence-electron chi connectivity index (χ0n) is 10.3. The quantitative estimate of drug-likeness (QED) is 0.843. The fourth-order valence-electron chi connectivity index (χ4n) is 2.90. The first-order chi connectivity index (χ1) is 7.77. The number of benzene rings is 1. The molecule has 2 N–H and O–H groups in total. The summed E-state index contributed by atoms with van der Waals surface area (Å²) in [6, 6.07) is 9.26. The molecule has 1 fully saturated rings. The van der Waals surface area contributed by atoms with Crippen molar-refractivity contribution in [2.24, 2.45) is 11.7 Å². The topological polar surface area (TPSA) is 29.3 Å². The van der Waals surface area contributed by atoms with E-state index in [0.717, 1.165) is 13.1 Å². The molecule has 0 saturated carbocycles. The molecule has 2 nitrogen and oxygen atoms in total. The van der Waals surface area contributed by atoms with Gasteiger partial charge in [-0.15, -0.1) is 0 Å². The second-order valence-electron chi connectivity index (χ2n) is 4.71. The molecule has 1 heterocycles. The third-order valence-corrected chi connectivity index (χ3v) is 3.84. The summed E-state index contributed by atoms with van der Waals surface area (Å²) < 4.78 is 0. The van der Waals surface area contributed by atoms with Crippen LogP contribution in [0.15, 0.2) is 24.3 Å². The molecule has 0 amide bonds. The summed E-state index contributed by atoms with van der Waals surface area (Å²) in [5.74, 6) is 0.626. The van der Waals surface area contributed by atoms with E-state index < -0.39 is 0 Å². The average molecular weight is 218 g/mol. The summed E-state index contributed by atoms with van der Waals surface area (Å²) in [6.45, 7) is 7.56. The normalized spacial score (nSPS) is 26.2. The molecule has 1 aliphatic heterocycles. The monoisotopic (exact) mass is 218 g/mol. The van der Waals surface area contributed by atoms with Gasteiger partial charge in [-0.1, -0.05) is 31.2 Å². The van der Waals surface area contributed by atoms with Gasteiger partial charge < -0.3 is 5.73 Å². The van der Waals surface area contributed by atoms with E-state index in [0.29, 0.717) is 12.0 Å². The first kappa shape index (κ1) is 11.6. The van der Waals surface area contributed by atoms with E-state index in [1.54, 1.807) is 0 Å². The van der Waals surface area contributed by atoms with Crippen LogP contribution in [-0.4, -0.2) is 24.5 Å². The maximum absolute atomic E-state index is 5.90. The highest BCUT2D eigenvalue weighted by molar-refractivity contribution is 5.30. The smallest absolute Gasteiger partial charge is 0.0391 e. The van der Waals surface area contributed by atoms with Crippen molar-refractivity contribution in [3.8, 4) is 0 Å². The zero-order chi connectivity index (χ0) is 11.5. The summed E-state index contributed by atoms with van der Waals surface area (Å²) in [5, 5.41) is 0. The molecule has 1 aromatic rings. The number of nitrogens with two attached hydrogens (primary N) is 1. The largest absolute Gasteiger partial charge is 0.330 e. The molecule has 1 aromatic carbocycles. The van der Waals surface area contributed by atoms with Crippen molar-refractivity contribution in [3.05, 3.63) is 35.4 Å². The lowest BCUT2D eigenvalue weighted by Gasteiger charge is -2.28. The molecule has 0 aromatic heterocycles. The molecule has 2 heteroatoms. The van der Waals surface area contributed by atoms with Gasteiger partial charge in [0, 0.05) is 6.04 Å². The fourth-order valence-corrected chi connectivity index (χ4v) is 2.90. The minimum atomic E-state index is 0.538. The molecule has 1 saturated heterocycles. The molecule has 0 bridgehead atoms. The Morgan fingerprint density at radius 1 is 1.38 bits per heavy atom. The molecule has 2 atom stereocenters. The van der Waals surface area contributed by atoms with Crippen molar-refractivity contribution < 1.29 is 0 Å². The summed E-state index contributed by atoms with van der Waals surface area (Å²) in [7, 11) is 0. The predicted molar refractivity (Wildman–Crippen MR) is 68.3 cm³/mol. The van der Waals surface area contributed by atoms with Crippen LogP contribution in [0.5, 0.6) is 0 Å². The Hall–Kier alpha value is -0.860. The van der Waals surface area contributed by atoms with Crippen LogP contribution in [-0.2, 0) is 0 Å². The van der Waals surface area contributed by atoms with E-state index in [1.165, 1.54) is 24.1 Å². The summed E-state index contributed by atoms with van der Waals surface area (Å²) >= 11 is 0. The Labute approximate surface area is 98.4 Å². The Morgan fingerprint density at radius 3 is 2.75 bits per heavy atom. The van der Waals surface area contributed by atoms with Gasteiger partial charge in [-0.25, -0.2) is 0 Å². The highest BCUT2D eigenvalue weighted by Crippen LogP contribution is 2.37. The highest BCUT2D eigenvalue weighted by atomic mass is 15.2. The molecule has 2 unspecified atom stereocenters. The second-order valence-corrected chi connectivity index (χ2v) is 4.71. The van der Waals surface area contributed by atoms with Gasteiger partial charge in [-0.05, 0) is 50.0 Å². The summed E-state index contributed by atoms with van der Waals surface area (Å²) in [5.41, 5.74) is 8.77. The molecule has 1 aliphatic rings. The number of hydrogen-bond donors (Lipinski definition) is 1. The van der Waals surface area contributed by atoms with E-state index in [4.69, 9.17) is 5.73 Å². The number of aryl methyl sites for hydroxylation is 1. The first-order valence-corrected chi connectivity index (χ1v) is 6.27. The molecule has 0 radical (unpaired) electrons. The van der Waals surface area contributed by atoms with Crippen LogP contribution in [0.2, 0.25) is 0 Å². The third-order valence-electron chi connectivity index (χ3n) is 3.84. The van der Waals surface area contributed by atoms with Crippen molar-refractivity contribution in [2.45, 2.75) is 26.3 Å². The molecule has 2 rings (SSSR count). The van der Waals surface area contributed by atoms with Gasteiger partial charge in [0.1, 0.15) is 0 Å². The highest BCUT2D eigenvalue weighted by Gasteiger charge is 2.33. The van der Waals surface area contributed by atoms with Gasteiger partial charge in [-0.2, -0.15) is 0 Å². The van der Waals surface area contributed by atoms with Gasteiger partial charge >= 0.3 is 0 Å². The first-order valence-electron chi connectivity index (χ1n) is 6.27. The lowest BCUT2D eigenvalue weighted by molar-refractivity contribution is 0.241. The van der Waals surface area contributed by atoms with Crippen molar-refractivity contribution >= 4 is 0 Å². The van der Waals surface area contributed by atoms with Crippen LogP contribution in [0.25, 0.3) is 0 Å². The molecule has 0 aliphatic carbocycles. The maximum atomic E-state index is 5.90. The molecular weight excluding hydrogens is 196 g/mol. The average Bonchev–Trinajstić information content (AvgIpc) is 2.72. The van der Waals surface area contributed by atoms with Crippen molar-refractivity contribution in [1.82, 2.24) is 4.90 Å². The predicted octanol–water partition coefficient (Wildman–Crippen LogP) is 2.34. The molecule has 0 spiro atoms. The van der Waals surface area contributed by atoms with Crippen LogP contribution in [0.1, 0.15) is 30.5 Å². The SMILES string of the molecule is CCN1CCC(CN)C1c1ccccc1C. The maximum Gasteiger partial charge on any atom is 0.0391 e. The van der Waals surface area contributed by atoms with E-state index in [1.807, 2.05) is 0 Å². The number of nitrogens with zero attached hydrogens (tertiary/aromatic N) is 1. The lowest BCUT2D eigenvalue weighted by Crippen LogP contribution is -2.28. The Bertz CT molecular complexity index is 336. The Balaban J connectivity index is 2.32. The van der Waals surface area contributed by atoms with Crippen LogP contribution in [0.3, 0.4) is 0 Å². The molecular formula is C14H22N2. The van der Waals surface area contributed by atoms with Gasteiger partial charge in [0.05, 0.1) is 0 Å². The van der Waals surface area contributed by atoms with E-state index in [-0.39, 0.29) is 0 Å². The van der Waals surface area contributed by atoms with Crippen LogP contribution in [0, 0.1) is 12.8 Å². The van der Waals surface area contributed by atoms with Gasteiger partial charge in [-0.3, -0.25) is 4.90 Å². The minimum Gasteiger partial charge on any atom is -0.330 e. The van der Waals surface area contributed by atoms with Crippen molar-refractivity contribution in [1.29, 1.82) is 0 Å². The number of likely N-dealkylation sites (tertiary alicyclic amines) is 1. The van der Waals surface area contributed by atoms with Gasteiger partial charge in [0.15, 0.2) is 0 Å². The lowest BCUT2D eigenvalue weighted by atomic mass is 9.91. The zero-order valence-corrected chi connectivity index (χ0v) is 10.3. The Morgan fingerprint density at radius 2 is 2.12 bits per heavy atom. The standard InChI is InChI=1S/C14H22N2/c1-3-16-9-8-12(10-15)14(16)13-7-5-4-6-11(13)2/h4-7,12,14H,3,8-10,15H2,1-2H3. The fraction of sp³-hybridized carbons (Fsp3) is 0.571. The van der Waals surface area contributed by atoms with Crippen LogP contribution >= 0.6 is 0 Å². The van der Waals surface area contributed by atoms with Crippen molar-refractivity contribution in [2.75, 3.05) is 19.6 Å². The van der Waals surface area contributed by atoms with Crippen LogP contribution < -0.4 is 5.73 Å². The number of rotatable bonds is 3. The minimum absolute atomic E-state index is 0.538. The second kappa shape index (κ2) is 4.98. The van der Waals surface area contributed by atoms with Crippen molar-refractivity contribution in [3.63, 3.8) is 0 Å². The Kier molecular flexibility index (Phi) is 3.62. The van der Waals surface area contributed by atoms with E-state index in [9.17, 15) is 0 Å². The van der Waals surface area contributed by atoms with Crippen LogP contribution in [0.4, 0.5) is 0 Å². The summed E-state index contributed by atoms with van der Waals surface area (Å²) in [6.07, 6.45) is 1.24. The van der Waals surface area contributed by atoms with E-state index >= 15 is 0 Å². The third kappa shape index (κ3) is 2.00. The number of hydrogen-bond acceptors (Lipinski definition) is 2. The summed E-state index contributed by atoms with van der Waals surface area (Å²) in [4.78, 5) is 2.56. The van der Waals surface area contributed by atoms with E-state index in [2.05, 4.69) is 43.0 Å². The van der Waals surface area contributed by atoms with Gasteiger partial charge in [0.2, 0.25) is 0 Å².